The second-order valence-electron chi connectivity index (χ2n) is 6.54. The number of rotatable bonds is 8. The Hall–Kier alpha value is -1.84. The summed E-state index contributed by atoms with van der Waals surface area (Å²) in [5, 5.41) is 0. The highest BCUT2D eigenvalue weighted by atomic mass is 35.5. The molecule has 26 heavy (non-hydrogen) atoms. The van der Waals surface area contributed by atoms with Gasteiger partial charge in [0.25, 0.3) is 0 Å². The van der Waals surface area contributed by atoms with E-state index in [4.69, 9.17) is 11.6 Å². The van der Waals surface area contributed by atoms with Crippen molar-refractivity contribution >= 4 is 18.4 Å². The van der Waals surface area contributed by atoms with E-state index >= 15 is 0 Å². The fraction of sp³-hybridized carbons (Fsp3) is 0.409. The third kappa shape index (κ3) is 5.58. The average molecular weight is 381 g/mol. The molecule has 0 saturated heterocycles. The zero-order chi connectivity index (χ0) is 22.6. The summed E-state index contributed by atoms with van der Waals surface area (Å²) in [6, 6.07) is 7.33. The van der Waals surface area contributed by atoms with E-state index in [-0.39, 0.29) is 48.8 Å². The number of carbonyl (C=O) groups is 1. The first-order valence-corrected chi connectivity index (χ1v) is 8.53. The molecule has 0 N–H and O–H groups in total. The van der Waals surface area contributed by atoms with E-state index in [0.29, 0.717) is 6.54 Å². The Morgan fingerprint density at radius 1 is 1.19 bits per heavy atom. The second-order valence-corrected chi connectivity index (χ2v) is 6.54. The van der Waals surface area contributed by atoms with Crippen LogP contribution in [0.15, 0.2) is 60.5 Å². The van der Waals surface area contributed by atoms with Crippen LogP contribution in [-0.4, -0.2) is 31.5 Å². The number of halogens is 1. The molecule has 0 amide bonds. The van der Waals surface area contributed by atoms with E-state index in [2.05, 4.69) is 0 Å². The monoisotopic (exact) mass is 380 g/mol. The number of nitrogens with zero attached hydrogens (tertiary/aromatic N) is 1. The lowest BCUT2D eigenvalue weighted by atomic mass is 9.77. The number of ether oxygens (including phenoxy) is 1. The molecule has 0 saturated carbocycles. The topological polar surface area (TPSA) is 29.5 Å². The van der Waals surface area contributed by atoms with Gasteiger partial charge >= 0.3 is 5.97 Å². The van der Waals surface area contributed by atoms with Gasteiger partial charge in [-0.05, 0) is 25.2 Å². The summed E-state index contributed by atoms with van der Waals surface area (Å²) in [4.78, 5) is 14.5. The Bertz CT molecular complexity index is 882. The van der Waals surface area contributed by atoms with E-state index in [1.807, 2.05) is 56.3 Å². The van der Waals surface area contributed by atoms with Crippen molar-refractivity contribution in [2.24, 2.45) is 5.92 Å². The summed E-state index contributed by atoms with van der Waals surface area (Å²) in [5.41, 5.74) is -0.557. The minimum atomic E-state index is -1.42. The molecule has 0 radical (unpaired) electrons. The van der Waals surface area contributed by atoms with Crippen LogP contribution in [0.4, 0.5) is 0 Å². The number of benzene rings is 2. The van der Waals surface area contributed by atoms with Crippen molar-refractivity contribution in [1.29, 1.82) is 0 Å². The lowest BCUT2D eigenvalue weighted by molar-refractivity contribution is -0.168. The first-order chi connectivity index (χ1) is 14.0. The maximum Gasteiger partial charge on any atom is 0.306 e. The van der Waals surface area contributed by atoms with Crippen molar-refractivity contribution in [3.05, 3.63) is 71.7 Å². The molecule has 2 atom stereocenters. The summed E-state index contributed by atoms with van der Waals surface area (Å²) in [7, 11) is 3.76. The Morgan fingerprint density at radius 3 is 2.35 bits per heavy atom. The van der Waals surface area contributed by atoms with Gasteiger partial charge in [-0.1, -0.05) is 74.4 Å². The van der Waals surface area contributed by atoms with Gasteiger partial charge in [0.1, 0.15) is 5.60 Å². The summed E-state index contributed by atoms with van der Waals surface area (Å²) < 4.78 is 47.4. The van der Waals surface area contributed by atoms with Crippen molar-refractivity contribution in [2.75, 3.05) is 20.6 Å². The molecular formula is C22H30ClNO2. The van der Waals surface area contributed by atoms with Crippen molar-refractivity contribution in [3.63, 3.8) is 0 Å². The summed E-state index contributed by atoms with van der Waals surface area (Å²) in [6.45, 7) is 4.05. The molecule has 0 aliphatic heterocycles. The van der Waals surface area contributed by atoms with Crippen LogP contribution in [-0.2, 0) is 21.6 Å². The van der Waals surface area contributed by atoms with Crippen LogP contribution in [0.5, 0.6) is 0 Å². The predicted octanol–water partition coefficient (Wildman–Crippen LogP) is 4.70. The van der Waals surface area contributed by atoms with Crippen LogP contribution in [0.3, 0.4) is 0 Å². The van der Waals surface area contributed by atoms with Gasteiger partial charge in [-0.2, -0.15) is 0 Å². The third-order valence-electron chi connectivity index (χ3n) is 4.25. The SMILES string of the molecule is Cl.[2H]c1c([2H])c([2H])c([C@@](Cc2ccccc2)(OC(=O)CC)[C@H](C)CN(C)C)c([2H])c1[2H]. The minimum Gasteiger partial charge on any atom is -0.453 e. The molecule has 0 aliphatic rings. The number of hydrogen-bond donors (Lipinski definition) is 0. The van der Waals surface area contributed by atoms with Crippen LogP contribution >= 0.6 is 12.4 Å². The zero-order valence-corrected chi connectivity index (χ0v) is 16.6. The Kier molecular flexibility index (Phi) is 6.06. The average Bonchev–Trinajstić information content (AvgIpc) is 2.70. The molecule has 2 rings (SSSR count). The van der Waals surface area contributed by atoms with Gasteiger partial charge in [-0.15, -0.1) is 12.4 Å². The standard InChI is InChI=1S/C22H29NO2.ClH/c1-5-21(24)25-22(18(2)17-23(3)4,20-14-10-7-11-15-20)16-19-12-8-6-9-13-19;/h6-15,18H,5,16-17H2,1-4H3;1H/t18-,22+;/m1./s1/i7D,10D,11D,14D,15D;. The molecule has 4 heteroatoms. The van der Waals surface area contributed by atoms with Gasteiger partial charge in [-0.25, -0.2) is 0 Å². The molecule has 0 aromatic heterocycles. The van der Waals surface area contributed by atoms with Gasteiger partial charge in [0.15, 0.2) is 0 Å². The predicted molar refractivity (Wildman–Crippen MR) is 110 cm³/mol. The quantitative estimate of drug-likeness (QED) is 0.622. The van der Waals surface area contributed by atoms with Crippen molar-refractivity contribution < 1.29 is 16.4 Å². The first kappa shape index (κ1) is 15.2. The molecule has 2 aromatic carbocycles. The molecule has 0 spiro atoms. The molecule has 0 fully saturated rings. The van der Waals surface area contributed by atoms with Gasteiger partial charge in [0, 0.05) is 25.3 Å². The number of carbonyl (C=O) groups excluding carboxylic acids is 1. The van der Waals surface area contributed by atoms with Gasteiger partial charge in [-0.3, -0.25) is 4.79 Å². The van der Waals surface area contributed by atoms with Gasteiger partial charge in [0.2, 0.25) is 0 Å². The first-order valence-electron chi connectivity index (χ1n) is 11.0. The molecule has 3 nitrogen and oxygen atoms in total. The Labute approximate surface area is 170 Å². The molecule has 0 aliphatic carbocycles. The Morgan fingerprint density at radius 2 is 1.81 bits per heavy atom. The highest BCUT2D eigenvalue weighted by molar-refractivity contribution is 5.85. The third-order valence-corrected chi connectivity index (χ3v) is 4.25. The van der Waals surface area contributed by atoms with E-state index < -0.39 is 29.7 Å². The highest BCUT2D eigenvalue weighted by Gasteiger charge is 2.42. The second kappa shape index (κ2) is 10.3. The normalized spacial score (nSPS) is 16.9. The van der Waals surface area contributed by atoms with Crippen molar-refractivity contribution in [2.45, 2.75) is 32.3 Å². The molecule has 0 unspecified atom stereocenters. The van der Waals surface area contributed by atoms with Crippen molar-refractivity contribution in [3.8, 4) is 0 Å². The summed E-state index contributed by atoms with van der Waals surface area (Å²) in [5.74, 6) is -0.838. The number of hydrogen-bond acceptors (Lipinski definition) is 3. The van der Waals surface area contributed by atoms with Crippen LogP contribution in [0.2, 0.25) is 0 Å². The molecule has 0 heterocycles. The molecule has 0 bridgehead atoms. The fourth-order valence-electron chi connectivity index (χ4n) is 3.03. The lowest BCUT2D eigenvalue weighted by Gasteiger charge is -2.40. The smallest absolute Gasteiger partial charge is 0.306 e. The molecule has 142 valence electrons. The molecular weight excluding hydrogens is 346 g/mol. The zero-order valence-electron chi connectivity index (χ0n) is 20.8. The highest BCUT2D eigenvalue weighted by Crippen LogP contribution is 2.38. The van der Waals surface area contributed by atoms with Gasteiger partial charge in [0.05, 0.1) is 6.85 Å². The van der Waals surface area contributed by atoms with Crippen LogP contribution in [0.1, 0.15) is 38.2 Å². The fourth-order valence-corrected chi connectivity index (χ4v) is 3.03. The summed E-state index contributed by atoms with van der Waals surface area (Å²) >= 11 is 0. The molecule has 2 aromatic rings. The lowest BCUT2D eigenvalue weighted by Crippen LogP contribution is -2.44. The number of esters is 1. The van der Waals surface area contributed by atoms with Crippen LogP contribution in [0.25, 0.3) is 0 Å². The van der Waals surface area contributed by atoms with Crippen molar-refractivity contribution in [1.82, 2.24) is 4.90 Å². The van der Waals surface area contributed by atoms with E-state index in [9.17, 15) is 4.79 Å². The summed E-state index contributed by atoms with van der Waals surface area (Å²) in [6.07, 6.45) is 0.312. The Balaban J connectivity index is 0.00000480. The maximum absolute atomic E-state index is 12.6. The van der Waals surface area contributed by atoms with E-state index in [1.54, 1.807) is 6.92 Å². The maximum atomic E-state index is 12.6. The van der Waals surface area contributed by atoms with Gasteiger partial charge < -0.3 is 9.64 Å². The van der Waals surface area contributed by atoms with E-state index in [1.165, 1.54) is 0 Å². The largest absolute Gasteiger partial charge is 0.453 e. The van der Waals surface area contributed by atoms with E-state index in [0.717, 1.165) is 5.56 Å². The van der Waals surface area contributed by atoms with Crippen LogP contribution < -0.4 is 0 Å². The van der Waals surface area contributed by atoms with Crippen LogP contribution in [0, 0.1) is 5.92 Å². The minimum absolute atomic E-state index is 0.